The highest BCUT2D eigenvalue weighted by Crippen LogP contribution is 2.36. The molecular formula is C22H22N2O4S. The number of nitrogens with one attached hydrogen (secondary N) is 2. The SMILES string of the molecule is CC1Sc2ccc(C(=O)OCC(=O)NC3CCCc4ccccc43)cc2NC1=O. The molecule has 1 aliphatic heterocycles. The molecule has 0 fully saturated rings. The Morgan fingerprint density at radius 2 is 2.07 bits per heavy atom. The molecule has 2 unspecified atom stereocenters. The Hall–Kier alpha value is -2.80. The van der Waals surface area contributed by atoms with Gasteiger partial charge >= 0.3 is 5.97 Å². The van der Waals surface area contributed by atoms with Gasteiger partial charge in [0.2, 0.25) is 5.91 Å². The summed E-state index contributed by atoms with van der Waals surface area (Å²) in [5, 5.41) is 5.58. The minimum absolute atomic E-state index is 0.0517. The highest BCUT2D eigenvalue weighted by molar-refractivity contribution is 8.00. The summed E-state index contributed by atoms with van der Waals surface area (Å²) in [6, 6.07) is 13.1. The molecule has 0 spiro atoms. The summed E-state index contributed by atoms with van der Waals surface area (Å²) in [4.78, 5) is 37.4. The van der Waals surface area contributed by atoms with Crippen LogP contribution in [0.25, 0.3) is 0 Å². The Bertz CT molecular complexity index is 975. The molecule has 2 aromatic rings. The summed E-state index contributed by atoms with van der Waals surface area (Å²) in [5.41, 5.74) is 3.28. The van der Waals surface area contributed by atoms with Crippen LogP contribution in [0.2, 0.25) is 0 Å². The predicted octanol–water partition coefficient (Wildman–Crippen LogP) is 3.47. The lowest BCUT2D eigenvalue weighted by atomic mass is 9.88. The first-order valence-corrected chi connectivity index (χ1v) is 10.5. The summed E-state index contributed by atoms with van der Waals surface area (Å²) in [7, 11) is 0. The van der Waals surface area contributed by atoms with Gasteiger partial charge in [0.25, 0.3) is 5.91 Å². The third-order valence-electron chi connectivity index (χ3n) is 5.19. The zero-order valence-corrected chi connectivity index (χ0v) is 16.9. The van der Waals surface area contributed by atoms with Crippen LogP contribution in [0.4, 0.5) is 5.69 Å². The fraction of sp³-hybridized carbons (Fsp3) is 0.318. The zero-order chi connectivity index (χ0) is 20.4. The maximum absolute atomic E-state index is 12.3. The second kappa shape index (κ2) is 8.29. The number of carbonyl (C=O) groups is 3. The third-order valence-corrected chi connectivity index (χ3v) is 6.36. The molecule has 1 aliphatic carbocycles. The molecule has 0 aromatic heterocycles. The fourth-order valence-electron chi connectivity index (χ4n) is 3.69. The normalized spacial score (nSPS) is 20.1. The number of carbonyl (C=O) groups excluding carboxylic acids is 3. The number of thioether (sulfide) groups is 1. The van der Waals surface area contributed by atoms with Gasteiger partial charge in [0, 0.05) is 4.90 Å². The van der Waals surface area contributed by atoms with Gasteiger partial charge in [-0.05, 0) is 55.5 Å². The van der Waals surface area contributed by atoms with Crippen molar-refractivity contribution in [2.75, 3.05) is 11.9 Å². The number of hydrogen-bond donors (Lipinski definition) is 2. The molecule has 0 saturated carbocycles. The number of amides is 2. The summed E-state index contributed by atoms with van der Waals surface area (Å²) in [6.45, 7) is 1.49. The number of esters is 1. The molecule has 29 heavy (non-hydrogen) atoms. The number of ether oxygens (including phenoxy) is 1. The second-order valence-corrected chi connectivity index (χ2v) is 8.63. The number of benzene rings is 2. The van der Waals surface area contributed by atoms with Crippen LogP contribution in [0, 0.1) is 0 Å². The van der Waals surface area contributed by atoms with Gasteiger partial charge in [-0.2, -0.15) is 0 Å². The molecule has 1 heterocycles. The van der Waals surface area contributed by atoms with E-state index >= 15 is 0 Å². The molecular weight excluding hydrogens is 388 g/mol. The van der Waals surface area contributed by atoms with E-state index in [0.717, 1.165) is 29.7 Å². The maximum Gasteiger partial charge on any atom is 0.338 e. The first-order chi connectivity index (χ1) is 14.0. The largest absolute Gasteiger partial charge is 0.452 e. The molecule has 2 N–H and O–H groups in total. The van der Waals surface area contributed by atoms with Crippen molar-refractivity contribution < 1.29 is 19.1 Å². The van der Waals surface area contributed by atoms with E-state index in [1.54, 1.807) is 18.2 Å². The molecule has 150 valence electrons. The summed E-state index contributed by atoms with van der Waals surface area (Å²) >= 11 is 1.44. The minimum atomic E-state index is -0.593. The van der Waals surface area contributed by atoms with Gasteiger partial charge in [-0.25, -0.2) is 4.79 Å². The average Bonchev–Trinajstić information content (AvgIpc) is 2.73. The topological polar surface area (TPSA) is 84.5 Å². The standard InChI is InChI=1S/C22H22N2O4S/c1-13-21(26)24-18-11-15(9-10-19(18)29-13)22(27)28-12-20(25)23-17-8-4-6-14-5-2-3-7-16(14)17/h2-3,5,7,9-11,13,17H,4,6,8,12H2,1H3,(H,23,25)(H,24,26). The van der Waals surface area contributed by atoms with Gasteiger partial charge in [-0.15, -0.1) is 11.8 Å². The van der Waals surface area contributed by atoms with E-state index in [9.17, 15) is 14.4 Å². The predicted molar refractivity (Wildman–Crippen MR) is 111 cm³/mol. The minimum Gasteiger partial charge on any atom is -0.452 e. The van der Waals surface area contributed by atoms with Crippen LogP contribution in [0.15, 0.2) is 47.4 Å². The Labute approximate surface area is 173 Å². The van der Waals surface area contributed by atoms with Crippen LogP contribution in [0.1, 0.15) is 47.3 Å². The fourth-order valence-corrected chi connectivity index (χ4v) is 4.62. The van der Waals surface area contributed by atoms with E-state index in [1.807, 2.05) is 25.1 Å². The molecule has 2 atom stereocenters. The van der Waals surface area contributed by atoms with Crippen molar-refractivity contribution in [2.45, 2.75) is 42.4 Å². The first-order valence-electron chi connectivity index (χ1n) is 9.67. The van der Waals surface area contributed by atoms with E-state index in [0.29, 0.717) is 11.3 Å². The molecule has 0 radical (unpaired) electrons. The molecule has 2 amide bonds. The summed E-state index contributed by atoms with van der Waals surface area (Å²) in [5.74, 6) is -1.01. The van der Waals surface area contributed by atoms with Crippen molar-refractivity contribution >= 4 is 35.2 Å². The van der Waals surface area contributed by atoms with Crippen molar-refractivity contribution in [3.8, 4) is 0 Å². The molecule has 6 nitrogen and oxygen atoms in total. The van der Waals surface area contributed by atoms with E-state index < -0.39 is 5.97 Å². The van der Waals surface area contributed by atoms with Crippen LogP contribution < -0.4 is 10.6 Å². The van der Waals surface area contributed by atoms with Crippen molar-refractivity contribution in [2.24, 2.45) is 0 Å². The van der Waals surface area contributed by atoms with Crippen LogP contribution in [0.3, 0.4) is 0 Å². The number of fused-ring (bicyclic) bond motifs is 2. The average molecular weight is 410 g/mol. The van der Waals surface area contributed by atoms with E-state index in [1.165, 1.54) is 17.3 Å². The van der Waals surface area contributed by atoms with Gasteiger partial charge in [0.15, 0.2) is 6.61 Å². The van der Waals surface area contributed by atoms with Crippen molar-refractivity contribution in [3.05, 3.63) is 59.2 Å². The summed E-state index contributed by atoms with van der Waals surface area (Å²) in [6.07, 6.45) is 2.90. The van der Waals surface area contributed by atoms with Gasteiger partial charge in [0.1, 0.15) is 0 Å². The quantitative estimate of drug-likeness (QED) is 0.754. The highest BCUT2D eigenvalue weighted by atomic mass is 32.2. The molecule has 7 heteroatoms. The molecule has 2 aliphatic rings. The van der Waals surface area contributed by atoms with Crippen LogP contribution in [-0.4, -0.2) is 29.6 Å². The van der Waals surface area contributed by atoms with Crippen molar-refractivity contribution in [1.82, 2.24) is 5.32 Å². The molecule has 0 saturated heterocycles. The van der Waals surface area contributed by atoms with Crippen LogP contribution in [0.5, 0.6) is 0 Å². The number of anilines is 1. The Morgan fingerprint density at radius 3 is 2.93 bits per heavy atom. The first kappa shape index (κ1) is 19.5. The molecule has 0 bridgehead atoms. The second-order valence-electron chi connectivity index (χ2n) is 7.25. The number of hydrogen-bond acceptors (Lipinski definition) is 5. The summed E-state index contributed by atoms with van der Waals surface area (Å²) < 4.78 is 5.19. The lowest BCUT2D eigenvalue weighted by molar-refractivity contribution is -0.125. The van der Waals surface area contributed by atoms with Gasteiger partial charge in [0.05, 0.1) is 22.5 Å². The maximum atomic E-state index is 12.3. The van der Waals surface area contributed by atoms with E-state index in [2.05, 4.69) is 16.7 Å². The Morgan fingerprint density at radius 1 is 1.24 bits per heavy atom. The Kier molecular flexibility index (Phi) is 5.58. The van der Waals surface area contributed by atoms with E-state index in [4.69, 9.17) is 4.74 Å². The van der Waals surface area contributed by atoms with Crippen LogP contribution in [-0.2, 0) is 20.7 Å². The zero-order valence-electron chi connectivity index (χ0n) is 16.1. The monoisotopic (exact) mass is 410 g/mol. The highest BCUT2D eigenvalue weighted by Gasteiger charge is 2.25. The van der Waals surface area contributed by atoms with E-state index in [-0.39, 0.29) is 29.7 Å². The number of aryl methyl sites for hydroxylation is 1. The lowest BCUT2D eigenvalue weighted by Gasteiger charge is -2.26. The smallest absolute Gasteiger partial charge is 0.338 e. The van der Waals surface area contributed by atoms with Gasteiger partial charge in [-0.1, -0.05) is 24.3 Å². The van der Waals surface area contributed by atoms with Crippen molar-refractivity contribution in [3.63, 3.8) is 0 Å². The van der Waals surface area contributed by atoms with Gasteiger partial charge in [-0.3, -0.25) is 9.59 Å². The number of rotatable bonds is 4. The van der Waals surface area contributed by atoms with Crippen molar-refractivity contribution in [1.29, 1.82) is 0 Å². The molecule has 4 rings (SSSR count). The van der Waals surface area contributed by atoms with Crippen LogP contribution >= 0.6 is 11.8 Å². The third kappa shape index (κ3) is 4.29. The molecule has 2 aromatic carbocycles. The van der Waals surface area contributed by atoms with Gasteiger partial charge < -0.3 is 15.4 Å². The Balaban J connectivity index is 1.35. The lowest BCUT2D eigenvalue weighted by Crippen LogP contribution is -2.34.